The summed E-state index contributed by atoms with van der Waals surface area (Å²) in [6, 6.07) is 18.7. The molecule has 0 fully saturated rings. The maximum Gasteiger partial charge on any atom is 0.234 e. The van der Waals surface area contributed by atoms with Gasteiger partial charge in [0.1, 0.15) is 17.5 Å². The van der Waals surface area contributed by atoms with E-state index in [1.807, 2.05) is 18.2 Å². The number of hydrogen-bond acceptors (Lipinski definition) is 4. The van der Waals surface area contributed by atoms with Gasteiger partial charge in [-0.3, -0.25) is 0 Å². The lowest BCUT2D eigenvalue weighted by Crippen LogP contribution is -2.23. The maximum atomic E-state index is 6.28. The molecule has 1 atom stereocenters. The highest BCUT2D eigenvalue weighted by Crippen LogP contribution is 2.43. The number of fused-ring (bicyclic) bond motifs is 1. The Morgan fingerprint density at radius 3 is 2.29 bits per heavy atom. The Labute approximate surface area is 184 Å². The fourth-order valence-corrected chi connectivity index (χ4v) is 3.45. The van der Waals surface area contributed by atoms with Crippen LogP contribution in [-0.2, 0) is 6.42 Å². The average molecular weight is 415 g/mol. The van der Waals surface area contributed by atoms with E-state index in [1.165, 1.54) is 11.9 Å². The largest absolute Gasteiger partial charge is 0.477 e. The zero-order valence-corrected chi connectivity index (χ0v) is 19.0. The fourth-order valence-electron chi connectivity index (χ4n) is 3.45. The molecule has 0 aliphatic heterocycles. The van der Waals surface area contributed by atoms with E-state index in [-0.39, 0.29) is 5.41 Å². The Hall–Kier alpha value is -3.14. The van der Waals surface area contributed by atoms with Crippen LogP contribution in [0.1, 0.15) is 40.2 Å². The summed E-state index contributed by atoms with van der Waals surface area (Å²) in [5, 5.41) is 0.826. The summed E-state index contributed by atoms with van der Waals surface area (Å²) in [4.78, 5) is 8.92. The van der Waals surface area contributed by atoms with Crippen molar-refractivity contribution < 1.29 is 9.15 Å². The number of rotatable bonds is 6. The summed E-state index contributed by atoms with van der Waals surface area (Å²) in [6.07, 6.45) is 2.52. The Balaban J connectivity index is 1.88. The van der Waals surface area contributed by atoms with Gasteiger partial charge in [0.2, 0.25) is 11.6 Å². The van der Waals surface area contributed by atoms with E-state index < -0.39 is 0 Å². The number of aromatic nitrogens is 2. The first-order valence-electron chi connectivity index (χ1n) is 10.9. The number of nitrogens with zero attached hydrogens (tertiary/aromatic N) is 2. The van der Waals surface area contributed by atoms with Gasteiger partial charge in [-0.1, -0.05) is 89.2 Å². The highest BCUT2D eigenvalue weighted by molar-refractivity contribution is 6.03. The summed E-state index contributed by atoms with van der Waals surface area (Å²) >= 11 is 0. The lowest BCUT2D eigenvalue weighted by atomic mass is 9.83. The highest BCUT2D eigenvalue weighted by Gasteiger charge is 2.25. The van der Waals surface area contributed by atoms with Gasteiger partial charge in [-0.15, -0.1) is 0 Å². The van der Waals surface area contributed by atoms with Gasteiger partial charge in [-0.05, 0) is 28.9 Å². The normalized spacial score (nSPS) is 12.8. The van der Waals surface area contributed by atoms with Crippen LogP contribution in [0.3, 0.4) is 0 Å². The van der Waals surface area contributed by atoms with Crippen molar-refractivity contribution in [2.45, 2.75) is 41.0 Å². The summed E-state index contributed by atoms with van der Waals surface area (Å²) in [6.45, 7) is 11.6. The molecule has 0 saturated heterocycles. The number of benzene rings is 2. The van der Waals surface area contributed by atoms with Crippen molar-refractivity contribution in [1.82, 2.24) is 9.97 Å². The number of furan rings is 1. The first-order valence-corrected chi connectivity index (χ1v) is 10.9. The number of ether oxygens (including phenoxy) is 1. The van der Waals surface area contributed by atoms with Gasteiger partial charge in [-0.2, -0.15) is 0 Å². The topological polar surface area (TPSA) is 48.2 Å². The second kappa shape index (κ2) is 8.54. The molecule has 0 aliphatic carbocycles. The molecule has 0 aliphatic rings. The summed E-state index contributed by atoms with van der Waals surface area (Å²) in [7, 11) is 0. The van der Waals surface area contributed by atoms with Crippen molar-refractivity contribution >= 4 is 11.1 Å². The van der Waals surface area contributed by atoms with Gasteiger partial charge in [-0.25, -0.2) is 9.97 Å². The number of hydrogen-bond donors (Lipinski definition) is 0. The molecular weight excluding hydrogens is 384 g/mol. The van der Waals surface area contributed by atoms with Crippen LogP contribution in [0.25, 0.3) is 33.6 Å². The average Bonchev–Trinajstić information content (AvgIpc) is 3.17. The predicted octanol–water partition coefficient (Wildman–Crippen LogP) is 7.18. The molecule has 4 aromatic rings. The first-order chi connectivity index (χ1) is 14.9. The zero-order valence-electron chi connectivity index (χ0n) is 19.0. The van der Waals surface area contributed by atoms with Gasteiger partial charge < -0.3 is 9.15 Å². The van der Waals surface area contributed by atoms with E-state index in [9.17, 15) is 0 Å². The minimum atomic E-state index is 0.149. The minimum absolute atomic E-state index is 0.149. The molecule has 2 aromatic heterocycles. The Bertz CT molecular complexity index is 1160. The summed E-state index contributed by atoms with van der Waals surface area (Å²) in [5.41, 5.74) is 5.04. The molecule has 1 unspecified atom stereocenters. The monoisotopic (exact) mass is 414 g/mol. The van der Waals surface area contributed by atoms with E-state index in [2.05, 4.69) is 81.0 Å². The van der Waals surface area contributed by atoms with E-state index in [0.29, 0.717) is 24.1 Å². The Morgan fingerprint density at radius 2 is 1.65 bits per heavy atom. The fraction of sp³-hybridized carbons (Fsp3) is 0.333. The van der Waals surface area contributed by atoms with Gasteiger partial charge in [0.25, 0.3) is 0 Å². The van der Waals surface area contributed by atoms with Crippen LogP contribution < -0.4 is 4.74 Å². The van der Waals surface area contributed by atoms with Crippen LogP contribution in [0, 0.1) is 11.3 Å². The van der Waals surface area contributed by atoms with E-state index in [4.69, 9.17) is 9.15 Å². The van der Waals surface area contributed by atoms with Crippen LogP contribution in [-0.4, -0.2) is 16.6 Å². The first kappa shape index (κ1) is 21.1. The van der Waals surface area contributed by atoms with Gasteiger partial charge in [0.15, 0.2) is 0 Å². The van der Waals surface area contributed by atoms with Crippen LogP contribution in [0.2, 0.25) is 0 Å². The second-order valence-corrected chi connectivity index (χ2v) is 9.16. The third-order valence-electron chi connectivity index (χ3n) is 6.09. The van der Waals surface area contributed by atoms with Gasteiger partial charge in [0.05, 0.1) is 6.61 Å². The van der Waals surface area contributed by atoms with Crippen molar-refractivity contribution in [1.29, 1.82) is 0 Å². The number of aryl methyl sites for hydroxylation is 1. The van der Waals surface area contributed by atoms with Crippen LogP contribution in [0.15, 0.2) is 65.3 Å². The van der Waals surface area contributed by atoms with Crippen LogP contribution >= 0.6 is 0 Å². The third kappa shape index (κ3) is 4.34. The summed E-state index contributed by atoms with van der Waals surface area (Å²) < 4.78 is 12.5. The molecule has 0 bridgehead atoms. The standard InChI is InChI=1S/C27H30N2O2/c1-6-19-12-14-20(15-13-19)22-23-25(30-16-18(2)27(3,4)5)28-17-29-26(23)31-24(22)21-10-8-7-9-11-21/h7-15,17-18H,6,16H2,1-5H3. The minimum Gasteiger partial charge on any atom is -0.477 e. The zero-order chi connectivity index (χ0) is 22.0. The van der Waals surface area contributed by atoms with Gasteiger partial charge in [0, 0.05) is 11.1 Å². The Kier molecular flexibility index (Phi) is 5.81. The van der Waals surface area contributed by atoms with E-state index in [0.717, 1.165) is 34.3 Å². The molecule has 0 amide bonds. The van der Waals surface area contributed by atoms with Crippen LogP contribution in [0.5, 0.6) is 5.88 Å². The molecule has 0 saturated carbocycles. The molecule has 2 heterocycles. The molecule has 160 valence electrons. The van der Waals surface area contributed by atoms with Crippen LogP contribution in [0.4, 0.5) is 0 Å². The SMILES string of the molecule is CCc1ccc(-c2c(-c3ccccc3)oc3ncnc(OCC(C)C(C)(C)C)c23)cc1. The third-order valence-corrected chi connectivity index (χ3v) is 6.09. The molecule has 0 N–H and O–H groups in total. The summed E-state index contributed by atoms with van der Waals surface area (Å²) in [5.74, 6) is 1.72. The predicted molar refractivity (Wildman–Crippen MR) is 126 cm³/mol. The molecule has 4 nitrogen and oxygen atoms in total. The smallest absolute Gasteiger partial charge is 0.234 e. The van der Waals surface area contributed by atoms with E-state index in [1.54, 1.807) is 0 Å². The van der Waals surface area contributed by atoms with Crippen molar-refractivity contribution in [3.63, 3.8) is 0 Å². The lowest BCUT2D eigenvalue weighted by molar-refractivity contribution is 0.158. The van der Waals surface area contributed by atoms with Crippen molar-refractivity contribution in [3.8, 4) is 28.3 Å². The molecule has 4 heteroatoms. The molecule has 31 heavy (non-hydrogen) atoms. The lowest BCUT2D eigenvalue weighted by Gasteiger charge is -2.26. The van der Waals surface area contributed by atoms with Crippen molar-refractivity contribution in [2.24, 2.45) is 11.3 Å². The molecule has 0 radical (unpaired) electrons. The Morgan fingerprint density at radius 1 is 0.935 bits per heavy atom. The highest BCUT2D eigenvalue weighted by atomic mass is 16.5. The molecule has 0 spiro atoms. The second-order valence-electron chi connectivity index (χ2n) is 9.16. The molecule has 2 aromatic carbocycles. The molecular formula is C27H30N2O2. The molecule has 4 rings (SSSR count). The maximum absolute atomic E-state index is 6.28. The van der Waals surface area contributed by atoms with E-state index >= 15 is 0 Å². The van der Waals surface area contributed by atoms with Crippen molar-refractivity contribution in [2.75, 3.05) is 6.61 Å². The van der Waals surface area contributed by atoms with Gasteiger partial charge >= 0.3 is 0 Å². The van der Waals surface area contributed by atoms with Crippen molar-refractivity contribution in [3.05, 3.63) is 66.5 Å². The quantitative estimate of drug-likeness (QED) is 0.335.